The Morgan fingerprint density at radius 2 is 1.95 bits per heavy atom. The summed E-state index contributed by atoms with van der Waals surface area (Å²) in [4.78, 5) is 4.24. The van der Waals surface area contributed by atoms with Crippen LogP contribution >= 0.6 is 0 Å². The molecule has 0 saturated heterocycles. The number of aromatic nitrogens is 1. The Morgan fingerprint density at radius 3 is 2.43 bits per heavy atom. The van der Waals surface area contributed by atoms with Crippen LogP contribution in [0.4, 0.5) is 0 Å². The molecule has 0 amide bonds. The zero-order valence-corrected chi connectivity index (χ0v) is 15.4. The number of pyridine rings is 1. The third-order valence-corrected chi connectivity index (χ3v) is 8.85. The molecule has 0 bridgehead atoms. The third kappa shape index (κ3) is 4.28. The first kappa shape index (κ1) is 18.1. The minimum Gasteiger partial charge on any atom is -0.481 e. The summed E-state index contributed by atoms with van der Waals surface area (Å²) in [5.74, 6) is 0.540. The Kier molecular flexibility index (Phi) is 5.96. The van der Waals surface area contributed by atoms with Crippen molar-refractivity contribution in [2.24, 2.45) is 0 Å². The van der Waals surface area contributed by atoms with Gasteiger partial charge in [0.15, 0.2) is 8.32 Å². The number of methoxy groups -OCH3 is 1. The summed E-state index contributed by atoms with van der Waals surface area (Å²) in [6.45, 7) is 13.4. The summed E-state index contributed by atoms with van der Waals surface area (Å²) in [5.41, 5.74) is 1.71. The van der Waals surface area contributed by atoms with Crippen molar-refractivity contribution in [3.63, 3.8) is 0 Å². The summed E-state index contributed by atoms with van der Waals surface area (Å²) in [6, 6.07) is 1.85. The van der Waals surface area contributed by atoms with Crippen molar-refractivity contribution >= 4 is 8.32 Å². The Labute approximate surface area is 129 Å². The zero-order chi connectivity index (χ0) is 16.3. The van der Waals surface area contributed by atoms with Gasteiger partial charge in [-0.1, -0.05) is 27.7 Å². The lowest BCUT2D eigenvalue weighted by Crippen LogP contribution is -2.40. The molecule has 0 spiro atoms. The van der Waals surface area contributed by atoms with Gasteiger partial charge in [-0.15, -0.1) is 0 Å². The molecule has 0 aromatic carbocycles. The minimum absolute atomic E-state index is 0.145. The van der Waals surface area contributed by atoms with Gasteiger partial charge in [0.05, 0.1) is 19.8 Å². The van der Waals surface area contributed by atoms with E-state index in [-0.39, 0.29) is 5.04 Å². The van der Waals surface area contributed by atoms with E-state index in [9.17, 15) is 5.11 Å². The summed E-state index contributed by atoms with van der Waals surface area (Å²) >= 11 is 0. The molecule has 0 aliphatic heterocycles. The van der Waals surface area contributed by atoms with Gasteiger partial charge in [0.1, 0.15) is 0 Å². The topological polar surface area (TPSA) is 51.6 Å². The number of hydrogen-bond donors (Lipinski definition) is 1. The lowest BCUT2D eigenvalue weighted by molar-refractivity contribution is 0.168. The van der Waals surface area contributed by atoms with Gasteiger partial charge in [-0.3, -0.25) is 0 Å². The molecule has 0 aliphatic rings. The average molecular weight is 311 g/mol. The SMILES string of the molecule is CCC(O)c1ccnc(OC)c1CO[Si](C)(C)C(C)(C)C. The van der Waals surface area contributed by atoms with Gasteiger partial charge in [0, 0.05) is 11.8 Å². The lowest BCUT2D eigenvalue weighted by Gasteiger charge is -2.36. The van der Waals surface area contributed by atoms with Crippen LogP contribution in [0.2, 0.25) is 18.1 Å². The van der Waals surface area contributed by atoms with Crippen LogP contribution in [0.25, 0.3) is 0 Å². The second-order valence-corrected chi connectivity index (χ2v) is 11.7. The highest BCUT2D eigenvalue weighted by molar-refractivity contribution is 6.74. The fraction of sp³-hybridized carbons (Fsp3) is 0.688. The molecular formula is C16H29NO3Si. The monoisotopic (exact) mass is 311 g/mol. The number of ether oxygens (including phenoxy) is 1. The van der Waals surface area contributed by atoms with Gasteiger partial charge < -0.3 is 14.3 Å². The fourth-order valence-corrected chi connectivity index (χ4v) is 2.75. The highest BCUT2D eigenvalue weighted by Crippen LogP contribution is 2.38. The van der Waals surface area contributed by atoms with Crippen molar-refractivity contribution in [3.05, 3.63) is 23.4 Å². The number of rotatable bonds is 6. The molecule has 0 aliphatic carbocycles. The Bertz CT molecular complexity index is 469. The molecule has 1 unspecified atom stereocenters. The van der Waals surface area contributed by atoms with Crippen LogP contribution in [-0.4, -0.2) is 25.5 Å². The molecule has 4 nitrogen and oxygen atoms in total. The van der Waals surface area contributed by atoms with Crippen LogP contribution in [0.5, 0.6) is 5.88 Å². The van der Waals surface area contributed by atoms with Crippen LogP contribution < -0.4 is 4.74 Å². The second-order valence-electron chi connectivity index (χ2n) is 6.86. The largest absolute Gasteiger partial charge is 0.481 e. The van der Waals surface area contributed by atoms with Crippen molar-refractivity contribution < 1.29 is 14.3 Å². The van der Waals surface area contributed by atoms with Gasteiger partial charge in [-0.25, -0.2) is 4.98 Å². The Hall–Kier alpha value is -0.913. The van der Waals surface area contributed by atoms with E-state index >= 15 is 0 Å². The number of aliphatic hydroxyl groups is 1. The molecule has 5 heteroatoms. The second kappa shape index (κ2) is 6.90. The van der Waals surface area contributed by atoms with Crippen LogP contribution in [0.3, 0.4) is 0 Å². The summed E-state index contributed by atoms with van der Waals surface area (Å²) in [5, 5.41) is 10.3. The number of nitrogens with zero attached hydrogens (tertiary/aromatic N) is 1. The van der Waals surface area contributed by atoms with E-state index in [0.29, 0.717) is 18.9 Å². The van der Waals surface area contributed by atoms with E-state index < -0.39 is 14.4 Å². The maximum Gasteiger partial charge on any atom is 0.218 e. The first-order chi connectivity index (χ1) is 9.64. The van der Waals surface area contributed by atoms with Crippen LogP contribution in [0.1, 0.15) is 51.3 Å². The molecule has 1 aromatic rings. The minimum atomic E-state index is -1.86. The third-order valence-electron chi connectivity index (χ3n) is 4.38. The molecule has 21 heavy (non-hydrogen) atoms. The van der Waals surface area contributed by atoms with Crippen LogP contribution in [0.15, 0.2) is 12.3 Å². The van der Waals surface area contributed by atoms with Crippen molar-refractivity contribution in [2.75, 3.05) is 7.11 Å². The van der Waals surface area contributed by atoms with E-state index in [2.05, 4.69) is 38.8 Å². The molecular weight excluding hydrogens is 282 g/mol. The lowest BCUT2D eigenvalue weighted by atomic mass is 10.0. The Morgan fingerprint density at radius 1 is 1.33 bits per heavy atom. The van der Waals surface area contributed by atoms with E-state index in [1.807, 2.05) is 13.0 Å². The molecule has 0 radical (unpaired) electrons. The van der Waals surface area contributed by atoms with Crippen molar-refractivity contribution in [1.29, 1.82) is 0 Å². The molecule has 1 aromatic heterocycles. The van der Waals surface area contributed by atoms with E-state index in [4.69, 9.17) is 9.16 Å². The standard InChI is InChI=1S/C16H29NO3Si/c1-8-14(18)12-9-10-17-15(19-5)13(12)11-20-21(6,7)16(2,3)4/h9-10,14,18H,8,11H2,1-7H3. The molecule has 120 valence electrons. The average Bonchev–Trinajstić information content (AvgIpc) is 2.42. The van der Waals surface area contributed by atoms with Gasteiger partial charge in [-0.2, -0.15) is 0 Å². The van der Waals surface area contributed by atoms with Crippen LogP contribution in [-0.2, 0) is 11.0 Å². The summed E-state index contributed by atoms with van der Waals surface area (Å²) < 4.78 is 11.6. The van der Waals surface area contributed by atoms with Crippen molar-refractivity contribution in [3.8, 4) is 5.88 Å². The maximum absolute atomic E-state index is 10.2. The predicted molar refractivity (Wildman–Crippen MR) is 88.0 cm³/mol. The molecule has 1 heterocycles. The molecule has 0 fully saturated rings. The first-order valence-electron chi connectivity index (χ1n) is 7.47. The van der Waals surface area contributed by atoms with Gasteiger partial charge >= 0.3 is 0 Å². The van der Waals surface area contributed by atoms with Crippen molar-refractivity contribution in [2.45, 2.75) is 65.0 Å². The smallest absolute Gasteiger partial charge is 0.218 e. The van der Waals surface area contributed by atoms with E-state index in [0.717, 1.165) is 11.1 Å². The normalized spacial score (nSPS) is 14.1. The molecule has 1 atom stereocenters. The van der Waals surface area contributed by atoms with E-state index in [1.165, 1.54) is 0 Å². The molecule has 1 N–H and O–H groups in total. The summed E-state index contributed by atoms with van der Waals surface area (Å²) in [6.07, 6.45) is 1.81. The van der Waals surface area contributed by atoms with Gasteiger partial charge in [-0.05, 0) is 36.2 Å². The fourth-order valence-electron chi connectivity index (χ4n) is 1.81. The highest BCUT2D eigenvalue weighted by Gasteiger charge is 2.37. The quantitative estimate of drug-likeness (QED) is 0.805. The summed E-state index contributed by atoms with van der Waals surface area (Å²) in [7, 11) is -0.259. The van der Waals surface area contributed by atoms with Crippen molar-refractivity contribution in [1.82, 2.24) is 4.98 Å². The Balaban J connectivity index is 3.07. The maximum atomic E-state index is 10.2. The highest BCUT2D eigenvalue weighted by atomic mass is 28.4. The number of aliphatic hydroxyl groups excluding tert-OH is 1. The number of hydrogen-bond acceptors (Lipinski definition) is 4. The predicted octanol–water partition coefficient (Wildman–Crippen LogP) is 4.06. The molecule has 1 rings (SSSR count). The van der Waals surface area contributed by atoms with Gasteiger partial charge in [0.2, 0.25) is 5.88 Å². The van der Waals surface area contributed by atoms with Crippen LogP contribution in [0, 0.1) is 0 Å². The van der Waals surface area contributed by atoms with Gasteiger partial charge in [0.25, 0.3) is 0 Å². The zero-order valence-electron chi connectivity index (χ0n) is 14.4. The van der Waals surface area contributed by atoms with E-state index in [1.54, 1.807) is 13.3 Å². The first-order valence-corrected chi connectivity index (χ1v) is 10.4. The molecule has 0 saturated carbocycles.